The third-order valence-electron chi connectivity index (χ3n) is 5.68. The highest BCUT2D eigenvalue weighted by Gasteiger charge is 2.32. The van der Waals surface area contributed by atoms with Crippen LogP contribution in [0.3, 0.4) is 0 Å². The zero-order valence-corrected chi connectivity index (χ0v) is 18.1. The first-order valence-electron chi connectivity index (χ1n) is 9.79. The number of fused-ring (bicyclic) bond motifs is 1. The fraction of sp³-hybridized carbons (Fsp3) is 0.364. The van der Waals surface area contributed by atoms with E-state index in [4.69, 9.17) is 11.6 Å². The predicted molar refractivity (Wildman–Crippen MR) is 118 cm³/mol. The second kappa shape index (κ2) is 8.20. The van der Waals surface area contributed by atoms with Crippen molar-refractivity contribution >= 4 is 45.0 Å². The predicted octanol–water partition coefficient (Wildman–Crippen LogP) is 4.22. The standard InChI is InChI=1S/C22H24ClN3O2S/c1-15-14-24(9-10-25(15)20(27)13-23)21(28)19-12-18-8-11-29-22(18)26(19)16(2)17-6-4-3-5-7-17/h3-8,11-12,15-16H,9-10,13-14H2,1-2H3/t15-,16+/m0/s1. The Morgan fingerprint density at radius 2 is 1.97 bits per heavy atom. The molecule has 1 fully saturated rings. The van der Waals surface area contributed by atoms with Gasteiger partial charge in [-0.3, -0.25) is 9.59 Å². The molecule has 0 spiro atoms. The van der Waals surface area contributed by atoms with Crippen molar-refractivity contribution in [2.45, 2.75) is 25.9 Å². The first-order valence-corrected chi connectivity index (χ1v) is 11.2. The van der Waals surface area contributed by atoms with Gasteiger partial charge in [0.25, 0.3) is 5.91 Å². The Morgan fingerprint density at radius 3 is 2.66 bits per heavy atom. The monoisotopic (exact) mass is 429 g/mol. The first kappa shape index (κ1) is 20.0. The number of hydrogen-bond acceptors (Lipinski definition) is 3. The van der Waals surface area contributed by atoms with E-state index < -0.39 is 0 Å². The van der Waals surface area contributed by atoms with Gasteiger partial charge in [0.2, 0.25) is 5.91 Å². The average Bonchev–Trinajstić information content (AvgIpc) is 3.34. The number of piperazine rings is 1. The van der Waals surface area contributed by atoms with Gasteiger partial charge < -0.3 is 14.4 Å². The van der Waals surface area contributed by atoms with Gasteiger partial charge in [0, 0.05) is 31.1 Å². The topological polar surface area (TPSA) is 45.6 Å². The second-order valence-corrected chi connectivity index (χ2v) is 8.65. The van der Waals surface area contributed by atoms with Gasteiger partial charge in [0.05, 0.1) is 6.04 Å². The van der Waals surface area contributed by atoms with E-state index >= 15 is 0 Å². The largest absolute Gasteiger partial charge is 0.335 e. The van der Waals surface area contributed by atoms with Crippen molar-refractivity contribution in [3.05, 3.63) is 59.1 Å². The Bertz CT molecular complexity index is 1030. The maximum atomic E-state index is 13.5. The van der Waals surface area contributed by atoms with E-state index in [0.717, 1.165) is 10.2 Å². The molecule has 0 bridgehead atoms. The van der Waals surface area contributed by atoms with Crippen LogP contribution in [0.5, 0.6) is 0 Å². The minimum absolute atomic E-state index is 0.0148. The van der Waals surface area contributed by atoms with E-state index in [0.29, 0.717) is 25.3 Å². The number of amides is 2. The van der Waals surface area contributed by atoms with Crippen molar-refractivity contribution in [2.24, 2.45) is 0 Å². The molecule has 4 rings (SSSR count). The Hall–Kier alpha value is -2.31. The van der Waals surface area contributed by atoms with E-state index in [1.807, 2.05) is 36.1 Å². The van der Waals surface area contributed by atoms with Gasteiger partial charge in [-0.25, -0.2) is 0 Å². The number of nitrogens with zero attached hydrogens (tertiary/aromatic N) is 3. The number of carbonyl (C=O) groups excluding carboxylic acids is 2. The molecule has 1 aliphatic heterocycles. The van der Waals surface area contributed by atoms with Crippen LogP contribution in [0.1, 0.15) is 35.9 Å². The molecule has 2 atom stereocenters. The quantitative estimate of drug-likeness (QED) is 0.583. The lowest BCUT2D eigenvalue weighted by atomic mass is 10.1. The van der Waals surface area contributed by atoms with Gasteiger partial charge in [-0.15, -0.1) is 22.9 Å². The average molecular weight is 430 g/mol. The summed E-state index contributed by atoms with van der Waals surface area (Å²) in [4.78, 5) is 30.2. The maximum Gasteiger partial charge on any atom is 0.270 e. The summed E-state index contributed by atoms with van der Waals surface area (Å²) in [6.45, 7) is 5.64. The van der Waals surface area contributed by atoms with Crippen LogP contribution in [-0.2, 0) is 4.79 Å². The minimum Gasteiger partial charge on any atom is -0.335 e. The molecular formula is C22H24ClN3O2S. The number of thiophene rings is 1. The number of halogens is 1. The summed E-state index contributed by atoms with van der Waals surface area (Å²) < 4.78 is 2.15. The molecule has 29 heavy (non-hydrogen) atoms. The van der Waals surface area contributed by atoms with E-state index in [1.165, 1.54) is 5.56 Å². The molecule has 0 N–H and O–H groups in total. The van der Waals surface area contributed by atoms with Gasteiger partial charge in [-0.2, -0.15) is 0 Å². The first-order chi connectivity index (χ1) is 14.0. The smallest absolute Gasteiger partial charge is 0.270 e. The fourth-order valence-corrected chi connectivity index (χ4v) is 5.25. The fourth-order valence-electron chi connectivity index (χ4n) is 4.12. The number of rotatable bonds is 4. The lowest BCUT2D eigenvalue weighted by molar-refractivity contribution is -0.132. The molecule has 2 aromatic heterocycles. The lowest BCUT2D eigenvalue weighted by Gasteiger charge is -2.39. The van der Waals surface area contributed by atoms with Crippen LogP contribution in [0, 0.1) is 0 Å². The number of hydrogen-bond donors (Lipinski definition) is 0. The van der Waals surface area contributed by atoms with Gasteiger partial charge in [-0.1, -0.05) is 30.3 Å². The third-order valence-corrected chi connectivity index (χ3v) is 6.84. The maximum absolute atomic E-state index is 13.5. The number of alkyl halides is 1. The molecule has 0 unspecified atom stereocenters. The van der Waals surface area contributed by atoms with E-state index in [2.05, 4.69) is 35.1 Å². The number of carbonyl (C=O) groups is 2. The molecule has 1 aliphatic rings. The van der Waals surface area contributed by atoms with Gasteiger partial charge in [-0.05, 0) is 36.9 Å². The highest BCUT2D eigenvalue weighted by atomic mass is 35.5. The molecular weight excluding hydrogens is 406 g/mol. The van der Waals surface area contributed by atoms with Crippen molar-refractivity contribution < 1.29 is 9.59 Å². The zero-order chi connectivity index (χ0) is 20.5. The van der Waals surface area contributed by atoms with Crippen molar-refractivity contribution in [1.82, 2.24) is 14.4 Å². The molecule has 0 radical (unpaired) electrons. The number of benzene rings is 1. The van der Waals surface area contributed by atoms with Crippen LogP contribution in [0.2, 0.25) is 0 Å². The summed E-state index contributed by atoms with van der Waals surface area (Å²) in [5.41, 5.74) is 1.87. The van der Waals surface area contributed by atoms with E-state index in [-0.39, 0.29) is 29.8 Å². The molecule has 3 heterocycles. The molecule has 2 amide bonds. The molecule has 1 saturated heterocycles. The van der Waals surface area contributed by atoms with Crippen LogP contribution in [-0.4, -0.2) is 57.7 Å². The molecule has 152 valence electrons. The summed E-state index contributed by atoms with van der Waals surface area (Å²) in [7, 11) is 0. The minimum atomic E-state index is -0.0761. The van der Waals surface area contributed by atoms with E-state index in [1.54, 1.807) is 16.2 Å². The van der Waals surface area contributed by atoms with Crippen molar-refractivity contribution in [3.63, 3.8) is 0 Å². The normalized spacial score (nSPS) is 18.2. The second-order valence-electron chi connectivity index (χ2n) is 7.49. The molecule has 0 aliphatic carbocycles. The highest BCUT2D eigenvalue weighted by Crippen LogP contribution is 2.32. The Labute approximate surface area is 179 Å². The summed E-state index contributed by atoms with van der Waals surface area (Å²) in [5.74, 6) is -0.0831. The number of aromatic nitrogens is 1. The Kier molecular flexibility index (Phi) is 5.65. The van der Waals surface area contributed by atoms with Crippen LogP contribution < -0.4 is 0 Å². The third kappa shape index (κ3) is 3.67. The zero-order valence-electron chi connectivity index (χ0n) is 16.5. The van der Waals surface area contributed by atoms with Gasteiger partial charge >= 0.3 is 0 Å². The molecule has 0 saturated carbocycles. The summed E-state index contributed by atoms with van der Waals surface area (Å²) in [5, 5.41) is 3.15. The van der Waals surface area contributed by atoms with Crippen LogP contribution in [0.15, 0.2) is 47.8 Å². The van der Waals surface area contributed by atoms with Crippen LogP contribution in [0.4, 0.5) is 0 Å². The van der Waals surface area contributed by atoms with Crippen LogP contribution >= 0.6 is 22.9 Å². The summed E-state index contributed by atoms with van der Waals surface area (Å²) in [6, 6.07) is 14.3. The highest BCUT2D eigenvalue weighted by molar-refractivity contribution is 7.16. The van der Waals surface area contributed by atoms with Crippen molar-refractivity contribution in [2.75, 3.05) is 25.5 Å². The molecule has 5 nitrogen and oxygen atoms in total. The lowest BCUT2D eigenvalue weighted by Crippen LogP contribution is -2.56. The molecule has 3 aromatic rings. The summed E-state index contributed by atoms with van der Waals surface area (Å²) >= 11 is 7.37. The van der Waals surface area contributed by atoms with Gasteiger partial charge in [0.15, 0.2) is 0 Å². The Morgan fingerprint density at radius 1 is 1.21 bits per heavy atom. The van der Waals surface area contributed by atoms with Crippen LogP contribution in [0.25, 0.3) is 10.2 Å². The van der Waals surface area contributed by atoms with Gasteiger partial charge in [0.1, 0.15) is 16.4 Å². The molecule has 1 aromatic carbocycles. The van der Waals surface area contributed by atoms with Crippen molar-refractivity contribution in [3.8, 4) is 0 Å². The van der Waals surface area contributed by atoms with E-state index in [9.17, 15) is 9.59 Å². The molecule has 7 heteroatoms. The SMILES string of the molecule is C[C@H](c1ccccc1)n1c(C(=O)N2CCN(C(=O)CCl)[C@@H](C)C2)cc2ccsc21. The summed E-state index contributed by atoms with van der Waals surface area (Å²) in [6.07, 6.45) is 0. The van der Waals surface area contributed by atoms with Crippen molar-refractivity contribution in [1.29, 1.82) is 0 Å². The Balaban J connectivity index is 1.65.